The van der Waals surface area contributed by atoms with Crippen LogP contribution in [0, 0.1) is 68.0 Å². The molecule has 4 atom stereocenters. The van der Waals surface area contributed by atoms with Crippen LogP contribution in [0.1, 0.15) is 13.8 Å². The van der Waals surface area contributed by atoms with Gasteiger partial charge in [0.2, 0.25) is 0 Å². The molecule has 2 fully saturated rings. The van der Waals surface area contributed by atoms with Crippen molar-refractivity contribution < 1.29 is 9.47 Å². The van der Waals surface area contributed by atoms with E-state index in [1.807, 2.05) is 24.3 Å². The molecule has 0 unspecified atom stereocenters. The third-order valence-electron chi connectivity index (χ3n) is 4.72. The van der Waals surface area contributed by atoms with E-state index in [4.69, 9.17) is 9.47 Å². The molecule has 0 aromatic rings. The maximum Gasteiger partial charge on any atom is 0.184 e. The van der Waals surface area contributed by atoms with Crippen LogP contribution in [-0.2, 0) is 9.47 Å². The number of hydrogen-bond acceptors (Lipinski definition) is 6. The van der Waals surface area contributed by atoms with E-state index in [0.29, 0.717) is 0 Å². The highest BCUT2D eigenvalue weighted by Crippen LogP contribution is 2.63. The molecule has 1 heterocycles. The van der Waals surface area contributed by atoms with Gasteiger partial charge in [-0.2, -0.15) is 21.0 Å². The highest BCUT2D eigenvalue weighted by atomic mass is 16.8. The fraction of sp³-hybridized carbons (Fsp3) is 0.600. The Kier molecular flexibility index (Phi) is 2.48. The van der Waals surface area contributed by atoms with Crippen LogP contribution < -0.4 is 0 Å². The van der Waals surface area contributed by atoms with E-state index in [9.17, 15) is 21.0 Å². The lowest BCUT2D eigenvalue weighted by atomic mass is 9.45. The Hall–Kier alpha value is -2.38. The second kappa shape index (κ2) is 3.84. The van der Waals surface area contributed by atoms with Crippen LogP contribution in [-0.4, -0.2) is 18.0 Å². The van der Waals surface area contributed by atoms with E-state index in [2.05, 4.69) is 0 Å². The summed E-state index contributed by atoms with van der Waals surface area (Å²) < 4.78 is 11.7. The SMILES string of the molecule is CC1(C)O[C@@H]2[C@H](O1)[C@@H]1C=C[C@H]2C(C#N)(C#N)C1(C#N)C#N. The summed E-state index contributed by atoms with van der Waals surface area (Å²) in [5, 5.41) is 38.4. The highest BCUT2D eigenvalue weighted by Gasteiger charge is 2.74. The van der Waals surface area contributed by atoms with E-state index in [1.165, 1.54) is 0 Å². The molecular weight excluding hydrogens is 268 g/mol. The molecule has 0 amide bonds. The molecule has 21 heavy (non-hydrogen) atoms. The Labute approximate surface area is 122 Å². The van der Waals surface area contributed by atoms with Crippen LogP contribution >= 0.6 is 0 Å². The molecular formula is C15H12N4O2. The molecule has 0 aromatic carbocycles. The fourth-order valence-electron chi connectivity index (χ4n) is 3.84. The minimum atomic E-state index is -1.75. The maximum atomic E-state index is 9.61. The van der Waals surface area contributed by atoms with E-state index >= 15 is 0 Å². The lowest BCUT2D eigenvalue weighted by molar-refractivity contribution is -0.149. The van der Waals surface area contributed by atoms with Crippen molar-refractivity contribution in [2.45, 2.75) is 31.8 Å². The highest BCUT2D eigenvalue weighted by molar-refractivity contribution is 5.46. The molecule has 0 radical (unpaired) electrons. The molecule has 0 aromatic heterocycles. The molecule has 4 aliphatic rings. The molecule has 0 N–H and O–H groups in total. The second-order valence-electron chi connectivity index (χ2n) is 6.06. The first-order valence-corrected chi connectivity index (χ1v) is 6.60. The van der Waals surface area contributed by atoms with Gasteiger partial charge in [0.05, 0.1) is 36.5 Å². The third-order valence-corrected chi connectivity index (χ3v) is 4.72. The molecule has 6 nitrogen and oxygen atoms in total. The van der Waals surface area contributed by atoms with Crippen molar-refractivity contribution in [3.63, 3.8) is 0 Å². The summed E-state index contributed by atoms with van der Waals surface area (Å²) in [6.45, 7) is 3.48. The van der Waals surface area contributed by atoms with Gasteiger partial charge in [-0.3, -0.25) is 0 Å². The Balaban J connectivity index is 2.26. The van der Waals surface area contributed by atoms with E-state index in [0.717, 1.165) is 0 Å². The van der Waals surface area contributed by atoms with E-state index in [-0.39, 0.29) is 0 Å². The van der Waals surface area contributed by atoms with Gasteiger partial charge in [0, 0.05) is 11.8 Å². The van der Waals surface area contributed by atoms with E-state index < -0.39 is 40.7 Å². The largest absolute Gasteiger partial charge is 0.344 e. The summed E-state index contributed by atoms with van der Waals surface area (Å²) in [7, 11) is 0. The Bertz CT molecular complexity index is 611. The second-order valence-corrected chi connectivity index (χ2v) is 6.06. The van der Waals surface area contributed by atoms with Gasteiger partial charge in [-0.1, -0.05) is 12.2 Å². The van der Waals surface area contributed by atoms with Crippen LogP contribution in [0.25, 0.3) is 0 Å². The minimum Gasteiger partial charge on any atom is -0.344 e. The molecule has 6 heteroatoms. The number of nitriles is 4. The number of hydrogen-bond donors (Lipinski definition) is 0. The zero-order valence-corrected chi connectivity index (χ0v) is 11.6. The van der Waals surface area contributed by atoms with Crippen LogP contribution in [0.15, 0.2) is 12.2 Å². The summed E-state index contributed by atoms with van der Waals surface area (Å²) >= 11 is 0. The topological polar surface area (TPSA) is 114 Å². The van der Waals surface area contributed by atoms with Crippen LogP contribution in [0.4, 0.5) is 0 Å². The normalized spacial score (nSPS) is 39.3. The van der Waals surface area contributed by atoms with Gasteiger partial charge < -0.3 is 9.47 Å². The average Bonchev–Trinajstić information content (AvgIpc) is 2.82. The molecule has 104 valence electrons. The van der Waals surface area contributed by atoms with Gasteiger partial charge in [-0.25, -0.2) is 0 Å². The molecule has 4 rings (SSSR count). The molecule has 0 spiro atoms. The number of rotatable bonds is 0. The zero-order chi connectivity index (χ0) is 15.5. The molecule has 1 aliphatic heterocycles. The summed E-state index contributed by atoms with van der Waals surface area (Å²) in [6, 6.07) is 7.75. The molecule has 3 aliphatic carbocycles. The van der Waals surface area contributed by atoms with Crippen molar-refractivity contribution >= 4 is 0 Å². The summed E-state index contributed by atoms with van der Waals surface area (Å²) in [5.41, 5.74) is -3.50. The van der Waals surface area contributed by atoms with Gasteiger partial charge in [-0.05, 0) is 13.8 Å². The quantitative estimate of drug-likeness (QED) is 0.619. The van der Waals surface area contributed by atoms with Crippen LogP contribution in [0.5, 0.6) is 0 Å². The van der Waals surface area contributed by atoms with Gasteiger partial charge in [-0.15, -0.1) is 0 Å². The van der Waals surface area contributed by atoms with Crippen molar-refractivity contribution in [1.82, 2.24) is 0 Å². The van der Waals surface area contributed by atoms with Gasteiger partial charge in [0.15, 0.2) is 16.6 Å². The smallest absolute Gasteiger partial charge is 0.184 e. The molecule has 2 bridgehead atoms. The Morgan fingerprint density at radius 3 is 1.38 bits per heavy atom. The fourth-order valence-corrected chi connectivity index (χ4v) is 3.84. The summed E-state index contributed by atoms with van der Waals surface area (Å²) in [4.78, 5) is 0. The van der Waals surface area contributed by atoms with Crippen molar-refractivity contribution in [2.24, 2.45) is 22.7 Å². The van der Waals surface area contributed by atoms with Crippen molar-refractivity contribution in [1.29, 1.82) is 21.0 Å². The number of ether oxygens (including phenoxy) is 2. The van der Waals surface area contributed by atoms with Gasteiger partial charge >= 0.3 is 0 Å². The predicted molar refractivity (Wildman–Crippen MR) is 67.3 cm³/mol. The third kappa shape index (κ3) is 1.29. The summed E-state index contributed by atoms with van der Waals surface area (Å²) in [6.07, 6.45) is 2.44. The average molecular weight is 280 g/mol. The first-order chi connectivity index (χ1) is 9.91. The van der Waals surface area contributed by atoms with Crippen LogP contribution in [0.2, 0.25) is 0 Å². The Morgan fingerprint density at radius 2 is 1.10 bits per heavy atom. The maximum absolute atomic E-state index is 9.61. The van der Waals surface area contributed by atoms with Gasteiger partial charge in [0.25, 0.3) is 0 Å². The summed E-state index contributed by atoms with van der Waals surface area (Å²) in [5.74, 6) is -2.19. The standard InChI is InChI=1S/C15H12N4O2/c1-13(2)20-11-9-3-4-10(12(11)21-13)15(7-18,8-19)14(9,5-16)6-17/h3-4,9-12H,1-2H3/t9-,10+,11+,12-. The lowest BCUT2D eigenvalue weighted by Gasteiger charge is -2.52. The van der Waals surface area contributed by atoms with Gasteiger partial charge in [0.1, 0.15) is 0 Å². The zero-order valence-electron chi connectivity index (χ0n) is 11.6. The predicted octanol–water partition coefficient (Wildman–Crippen LogP) is 1.39. The number of fused-ring (bicyclic) bond motifs is 1. The lowest BCUT2D eigenvalue weighted by Crippen LogP contribution is -2.63. The molecule has 1 saturated carbocycles. The molecule has 1 saturated heterocycles. The first-order valence-electron chi connectivity index (χ1n) is 6.60. The van der Waals surface area contributed by atoms with E-state index in [1.54, 1.807) is 26.0 Å². The first kappa shape index (κ1) is 13.6. The van der Waals surface area contributed by atoms with Crippen molar-refractivity contribution in [3.8, 4) is 24.3 Å². The Morgan fingerprint density at radius 1 is 0.762 bits per heavy atom. The minimum absolute atomic E-state index is 0.496. The van der Waals surface area contributed by atoms with Crippen molar-refractivity contribution in [3.05, 3.63) is 12.2 Å². The van der Waals surface area contributed by atoms with Crippen molar-refractivity contribution in [2.75, 3.05) is 0 Å². The monoisotopic (exact) mass is 280 g/mol. The van der Waals surface area contributed by atoms with Crippen LogP contribution in [0.3, 0.4) is 0 Å². The number of nitrogens with zero attached hydrogens (tertiary/aromatic N) is 4.